The topological polar surface area (TPSA) is 78.5 Å². The number of hydrogen-bond acceptors (Lipinski definition) is 5. The number of nitrogens with zero attached hydrogens (tertiary/aromatic N) is 1. The number of carbonyl (C=O) groups excluding carboxylic acids is 1. The van der Waals surface area contributed by atoms with Gasteiger partial charge in [0.05, 0.1) is 11.1 Å². The van der Waals surface area contributed by atoms with Crippen LogP contribution in [0.25, 0.3) is 9.75 Å². The predicted molar refractivity (Wildman–Crippen MR) is 119 cm³/mol. The van der Waals surface area contributed by atoms with E-state index in [4.69, 9.17) is 11.6 Å². The third kappa shape index (κ3) is 4.29. The third-order valence-electron chi connectivity index (χ3n) is 4.79. The molecule has 1 aliphatic rings. The molecular formula is C19H17ClFN3O3S3. The van der Waals surface area contributed by atoms with E-state index in [1.54, 1.807) is 11.3 Å². The van der Waals surface area contributed by atoms with Crippen molar-refractivity contribution in [3.05, 3.63) is 63.6 Å². The smallest absolute Gasteiger partial charge is 0.280 e. The summed E-state index contributed by atoms with van der Waals surface area (Å²) < 4.78 is 42.3. The fourth-order valence-electron chi connectivity index (χ4n) is 3.19. The summed E-state index contributed by atoms with van der Waals surface area (Å²) in [6.45, 7) is 0. The van der Waals surface area contributed by atoms with Gasteiger partial charge in [0, 0.05) is 27.4 Å². The number of likely N-dealkylation sites (N-methyl/N-ethyl adjacent to an activating group) is 1. The van der Waals surface area contributed by atoms with Crippen molar-refractivity contribution in [2.45, 2.75) is 18.5 Å². The molecule has 30 heavy (non-hydrogen) atoms. The van der Waals surface area contributed by atoms with Gasteiger partial charge in [-0.25, -0.2) is 4.39 Å². The summed E-state index contributed by atoms with van der Waals surface area (Å²) in [6.07, 6.45) is 0.251. The lowest BCUT2D eigenvalue weighted by Gasteiger charge is -2.35. The Kier molecular flexibility index (Phi) is 5.97. The van der Waals surface area contributed by atoms with Crippen LogP contribution in [0.1, 0.15) is 17.3 Å². The SMILES string of the molecule is CN1[C@H](C(=O)Nc2ccc(F)c(Cl)c2)C[C@H](c2ccc(-c3cccs3)s2)NS1(=O)=O. The zero-order valence-electron chi connectivity index (χ0n) is 15.6. The molecule has 0 unspecified atom stereocenters. The molecule has 0 radical (unpaired) electrons. The lowest BCUT2D eigenvalue weighted by Crippen LogP contribution is -2.55. The van der Waals surface area contributed by atoms with Crippen LogP contribution in [0.5, 0.6) is 0 Å². The van der Waals surface area contributed by atoms with Crippen molar-refractivity contribution in [1.82, 2.24) is 9.03 Å². The highest BCUT2D eigenvalue weighted by Gasteiger charge is 2.41. The first-order chi connectivity index (χ1) is 14.2. The molecule has 1 fully saturated rings. The number of carbonyl (C=O) groups is 1. The lowest BCUT2D eigenvalue weighted by molar-refractivity contribution is -0.120. The zero-order chi connectivity index (χ0) is 21.5. The van der Waals surface area contributed by atoms with Gasteiger partial charge in [-0.05, 0) is 48.2 Å². The Hall–Kier alpha value is -1.82. The first kappa shape index (κ1) is 21.4. The fourth-order valence-corrected chi connectivity index (χ4v) is 6.61. The van der Waals surface area contributed by atoms with Gasteiger partial charge in [0.2, 0.25) is 5.91 Å². The van der Waals surface area contributed by atoms with Gasteiger partial charge in [-0.3, -0.25) is 4.79 Å². The van der Waals surface area contributed by atoms with Gasteiger partial charge in [-0.15, -0.1) is 22.7 Å². The summed E-state index contributed by atoms with van der Waals surface area (Å²) in [5.74, 6) is -1.11. The van der Waals surface area contributed by atoms with Crippen LogP contribution in [0.2, 0.25) is 5.02 Å². The van der Waals surface area contributed by atoms with Crippen molar-refractivity contribution in [2.24, 2.45) is 0 Å². The maximum absolute atomic E-state index is 13.4. The number of anilines is 1. The standard InChI is InChI=1S/C19H17ClFN3O3S3/c1-24-15(19(25)22-11-4-5-13(21)12(20)9-11)10-14(23-30(24,26)27)16-6-7-18(29-16)17-3-2-8-28-17/h2-9,14-15,23H,10H2,1H3,(H,22,25)/t14-,15+/m1/s1. The molecule has 2 aromatic heterocycles. The van der Waals surface area contributed by atoms with Crippen molar-refractivity contribution < 1.29 is 17.6 Å². The largest absolute Gasteiger partial charge is 0.325 e. The molecule has 3 heterocycles. The summed E-state index contributed by atoms with van der Waals surface area (Å²) in [4.78, 5) is 15.8. The second-order valence-electron chi connectivity index (χ2n) is 6.74. The van der Waals surface area contributed by atoms with Crippen LogP contribution < -0.4 is 10.0 Å². The Balaban J connectivity index is 1.57. The first-order valence-electron chi connectivity index (χ1n) is 8.89. The van der Waals surface area contributed by atoms with Gasteiger partial charge in [-0.2, -0.15) is 17.4 Å². The first-order valence-corrected chi connectivity index (χ1v) is 12.4. The van der Waals surface area contributed by atoms with Crippen molar-refractivity contribution in [1.29, 1.82) is 0 Å². The van der Waals surface area contributed by atoms with Gasteiger partial charge >= 0.3 is 0 Å². The van der Waals surface area contributed by atoms with Crippen LogP contribution in [-0.2, 0) is 15.0 Å². The number of thiophene rings is 2. The van der Waals surface area contributed by atoms with Crippen LogP contribution in [0, 0.1) is 5.82 Å². The summed E-state index contributed by atoms with van der Waals surface area (Å²) in [5.41, 5.74) is 0.295. The van der Waals surface area contributed by atoms with E-state index in [9.17, 15) is 17.6 Å². The van der Waals surface area contributed by atoms with Crippen molar-refractivity contribution in [2.75, 3.05) is 12.4 Å². The number of benzene rings is 1. The molecule has 2 N–H and O–H groups in total. The highest BCUT2D eigenvalue weighted by atomic mass is 35.5. The van der Waals surface area contributed by atoms with E-state index in [1.165, 1.54) is 30.5 Å². The van der Waals surface area contributed by atoms with Gasteiger partial charge in [0.15, 0.2) is 0 Å². The number of halogens is 2. The molecule has 0 spiro atoms. The molecule has 1 aromatic carbocycles. The quantitative estimate of drug-likeness (QED) is 0.571. The summed E-state index contributed by atoms with van der Waals surface area (Å²) in [7, 11) is -2.51. The molecule has 2 atom stereocenters. The minimum absolute atomic E-state index is 0.128. The molecule has 11 heteroatoms. The van der Waals surface area contributed by atoms with E-state index in [-0.39, 0.29) is 11.4 Å². The fraction of sp³-hybridized carbons (Fsp3) is 0.211. The minimum Gasteiger partial charge on any atom is -0.325 e. The molecule has 0 saturated carbocycles. The van der Waals surface area contributed by atoms with Crippen molar-refractivity contribution >= 4 is 56.1 Å². The van der Waals surface area contributed by atoms with E-state index >= 15 is 0 Å². The van der Waals surface area contributed by atoms with Crippen molar-refractivity contribution in [3.8, 4) is 9.75 Å². The molecule has 1 saturated heterocycles. The minimum atomic E-state index is -3.86. The van der Waals surface area contributed by atoms with Gasteiger partial charge in [0.1, 0.15) is 11.9 Å². The van der Waals surface area contributed by atoms with Gasteiger partial charge < -0.3 is 5.32 Å². The number of hydrogen-bond donors (Lipinski definition) is 2. The maximum Gasteiger partial charge on any atom is 0.280 e. The van der Waals surface area contributed by atoms with Gasteiger partial charge in [-0.1, -0.05) is 17.7 Å². The average molecular weight is 486 g/mol. The number of nitrogens with one attached hydrogen (secondary N) is 2. The summed E-state index contributed by atoms with van der Waals surface area (Å²) in [5, 5.41) is 4.48. The lowest BCUT2D eigenvalue weighted by atomic mass is 10.1. The third-order valence-corrected chi connectivity index (χ3v) is 8.94. The van der Waals surface area contributed by atoms with Gasteiger partial charge in [0.25, 0.3) is 10.2 Å². The Morgan fingerprint density at radius 3 is 2.77 bits per heavy atom. The highest BCUT2D eigenvalue weighted by molar-refractivity contribution is 7.87. The van der Waals surface area contributed by atoms with Crippen LogP contribution in [0.15, 0.2) is 47.8 Å². The summed E-state index contributed by atoms with van der Waals surface area (Å²) in [6, 6.07) is 10.1. The molecule has 0 aliphatic carbocycles. The molecule has 4 rings (SSSR count). The van der Waals surface area contributed by atoms with Crippen molar-refractivity contribution in [3.63, 3.8) is 0 Å². The second-order valence-corrected chi connectivity index (χ2v) is 11.0. The number of rotatable bonds is 4. The molecule has 3 aromatic rings. The Morgan fingerprint density at radius 2 is 2.07 bits per heavy atom. The van der Waals surface area contributed by atoms with Crippen LogP contribution in [0.3, 0.4) is 0 Å². The average Bonchev–Trinajstić information content (AvgIpc) is 3.38. The predicted octanol–water partition coefficient (Wildman–Crippen LogP) is 4.49. The second kappa shape index (κ2) is 8.37. The summed E-state index contributed by atoms with van der Waals surface area (Å²) >= 11 is 8.87. The molecular weight excluding hydrogens is 469 g/mol. The van der Waals surface area contributed by atoms with E-state index in [1.807, 2.05) is 29.6 Å². The van der Waals surface area contributed by atoms with Crippen LogP contribution in [0.4, 0.5) is 10.1 Å². The Bertz CT molecular complexity index is 1180. The molecule has 1 amide bonds. The molecule has 6 nitrogen and oxygen atoms in total. The highest BCUT2D eigenvalue weighted by Crippen LogP contribution is 2.37. The monoisotopic (exact) mass is 485 g/mol. The maximum atomic E-state index is 13.4. The zero-order valence-corrected chi connectivity index (χ0v) is 18.8. The van der Waals surface area contributed by atoms with Crippen LogP contribution >= 0.6 is 34.3 Å². The van der Waals surface area contributed by atoms with E-state index in [0.717, 1.165) is 25.0 Å². The molecule has 1 aliphatic heterocycles. The Morgan fingerprint density at radius 1 is 1.27 bits per heavy atom. The van der Waals surface area contributed by atoms with Crippen LogP contribution in [-0.4, -0.2) is 31.7 Å². The molecule has 158 valence electrons. The Labute approximate surface area is 186 Å². The van der Waals surface area contributed by atoms with E-state index < -0.39 is 34.0 Å². The number of amides is 1. The molecule has 0 bridgehead atoms. The normalized spacial score (nSPS) is 21.4. The van der Waals surface area contributed by atoms with E-state index in [0.29, 0.717) is 5.69 Å². The van der Waals surface area contributed by atoms with E-state index in [2.05, 4.69) is 10.0 Å².